The number of hydrogen-bond donors (Lipinski definition) is 2. The Kier molecular flexibility index (Phi) is 8.01. The van der Waals surface area contributed by atoms with E-state index in [1.807, 2.05) is 58.3 Å². The smallest absolute Gasteiger partial charge is 0.408 e. The molecule has 0 fully saturated rings. The first-order valence-corrected chi connectivity index (χ1v) is 9.30. The Morgan fingerprint density at radius 3 is 2.57 bits per heavy atom. The van der Waals surface area contributed by atoms with Crippen LogP contribution in [0.25, 0.3) is 0 Å². The number of aromatic nitrogens is 2. The molecule has 0 unspecified atom stereocenters. The van der Waals surface area contributed by atoms with Crippen molar-refractivity contribution in [1.82, 2.24) is 20.0 Å². The summed E-state index contributed by atoms with van der Waals surface area (Å²) in [5.74, 6) is -0.410. The van der Waals surface area contributed by atoms with Crippen molar-refractivity contribution < 1.29 is 14.3 Å². The van der Waals surface area contributed by atoms with Gasteiger partial charge in [-0.15, -0.1) is 0 Å². The van der Waals surface area contributed by atoms with Crippen molar-refractivity contribution in [1.29, 1.82) is 0 Å². The van der Waals surface area contributed by atoms with Crippen molar-refractivity contribution in [2.45, 2.75) is 33.0 Å². The molecule has 1 atom stereocenters. The molecule has 1 aromatic heterocycles. The fourth-order valence-corrected chi connectivity index (χ4v) is 2.50. The van der Waals surface area contributed by atoms with E-state index in [0.29, 0.717) is 5.69 Å². The molecule has 2 N–H and O–H groups in total. The highest BCUT2D eigenvalue weighted by Gasteiger charge is 2.25. The number of anilines is 1. The van der Waals surface area contributed by atoms with Crippen molar-refractivity contribution in [3.63, 3.8) is 0 Å². The van der Waals surface area contributed by atoms with Crippen LogP contribution in [0.15, 0.2) is 42.7 Å². The Balaban J connectivity index is 1.88. The summed E-state index contributed by atoms with van der Waals surface area (Å²) in [7, 11) is 3.98. The minimum Gasteiger partial charge on any atom is -0.445 e. The third-order valence-corrected chi connectivity index (χ3v) is 4.11. The molecule has 0 aliphatic heterocycles. The Morgan fingerprint density at radius 2 is 1.93 bits per heavy atom. The Bertz CT molecular complexity index is 758. The molecule has 8 heteroatoms. The van der Waals surface area contributed by atoms with Crippen molar-refractivity contribution in [3.05, 3.63) is 48.3 Å². The number of carbonyl (C=O) groups excluding carboxylic acids is 2. The maximum atomic E-state index is 12.6. The van der Waals surface area contributed by atoms with Gasteiger partial charge in [-0.2, -0.15) is 5.10 Å². The molecule has 1 aromatic carbocycles. The Hall–Kier alpha value is -2.87. The van der Waals surface area contributed by atoms with Crippen LogP contribution in [0.4, 0.5) is 10.5 Å². The lowest BCUT2D eigenvalue weighted by atomic mass is 10.0. The average molecular weight is 387 g/mol. The minimum atomic E-state index is -0.714. The molecule has 0 spiro atoms. The number of nitrogens with zero attached hydrogens (tertiary/aromatic N) is 3. The van der Waals surface area contributed by atoms with Gasteiger partial charge in [0.25, 0.3) is 0 Å². The van der Waals surface area contributed by atoms with Crippen LogP contribution in [-0.4, -0.2) is 53.4 Å². The molecule has 28 heavy (non-hydrogen) atoms. The third kappa shape index (κ3) is 7.03. The van der Waals surface area contributed by atoms with Crippen LogP contribution < -0.4 is 10.6 Å². The second-order valence-electron chi connectivity index (χ2n) is 7.21. The Labute approximate surface area is 165 Å². The number of ether oxygens (including phenoxy) is 1. The fraction of sp³-hybridized carbons (Fsp3) is 0.450. The second-order valence-corrected chi connectivity index (χ2v) is 7.21. The van der Waals surface area contributed by atoms with Gasteiger partial charge in [0.15, 0.2) is 0 Å². The van der Waals surface area contributed by atoms with Crippen molar-refractivity contribution in [2.24, 2.45) is 5.92 Å². The van der Waals surface area contributed by atoms with Crippen LogP contribution in [-0.2, 0) is 22.7 Å². The third-order valence-electron chi connectivity index (χ3n) is 4.11. The number of carbonyl (C=O) groups is 2. The molecule has 2 rings (SSSR count). The van der Waals surface area contributed by atoms with E-state index in [0.717, 1.165) is 18.7 Å². The van der Waals surface area contributed by atoms with Gasteiger partial charge < -0.3 is 20.3 Å². The standard InChI is InChI=1S/C20H29N5O3/c1-15(2)18(23-20(27)28-14-16-8-6-5-7-9-16)19(26)22-17-12-21-25(13-17)11-10-24(3)4/h5-9,12-13,15,18H,10-11,14H2,1-4H3,(H,22,26)(H,23,27)/t18-/m0/s1. The van der Waals surface area contributed by atoms with E-state index in [1.54, 1.807) is 17.1 Å². The normalized spacial score (nSPS) is 12.1. The predicted octanol–water partition coefficient (Wildman–Crippen LogP) is 2.33. The molecule has 0 aliphatic carbocycles. The Morgan fingerprint density at radius 1 is 1.21 bits per heavy atom. The van der Waals surface area contributed by atoms with Crippen LogP contribution in [0.3, 0.4) is 0 Å². The summed E-state index contributed by atoms with van der Waals surface area (Å²) in [6.07, 6.45) is 2.74. The predicted molar refractivity (Wildman–Crippen MR) is 108 cm³/mol. The maximum absolute atomic E-state index is 12.6. The van der Waals surface area contributed by atoms with E-state index in [2.05, 4.69) is 20.6 Å². The van der Waals surface area contributed by atoms with Gasteiger partial charge in [0.05, 0.1) is 18.4 Å². The van der Waals surface area contributed by atoms with Gasteiger partial charge in [0.2, 0.25) is 5.91 Å². The van der Waals surface area contributed by atoms with Crippen LogP contribution in [0, 0.1) is 5.92 Å². The SMILES string of the molecule is CC(C)[C@H](NC(=O)OCc1ccccc1)C(=O)Nc1cnn(CCN(C)C)c1. The van der Waals surface area contributed by atoms with Gasteiger partial charge in [0.1, 0.15) is 12.6 Å². The van der Waals surface area contributed by atoms with Gasteiger partial charge >= 0.3 is 6.09 Å². The lowest BCUT2D eigenvalue weighted by Gasteiger charge is -2.21. The average Bonchev–Trinajstić information content (AvgIpc) is 3.10. The van der Waals surface area contributed by atoms with Crippen LogP contribution in [0.2, 0.25) is 0 Å². The number of alkyl carbamates (subject to hydrolysis) is 1. The lowest BCUT2D eigenvalue weighted by molar-refractivity contribution is -0.119. The second kappa shape index (κ2) is 10.5. The highest BCUT2D eigenvalue weighted by molar-refractivity contribution is 5.96. The molecule has 8 nitrogen and oxygen atoms in total. The zero-order valence-electron chi connectivity index (χ0n) is 16.9. The van der Waals surface area contributed by atoms with E-state index in [1.165, 1.54) is 0 Å². The molecule has 0 saturated heterocycles. The number of rotatable bonds is 9. The highest BCUT2D eigenvalue weighted by atomic mass is 16.5. The van der Waals surface area contributed by atoms with Crippen LogP contribution >= 0.6 is 0 Å². The number of amides is 2. The van der Waals surface area contributed by atoms with Gasteiger partial charge in [-0.1, -0.05) is 44.2 Å². The number of likely N-dealkylation sites (N-methyl/N-ethyl adjacent to an activating group) is 1. The van der Waals surface area contributed by atoms with E-state index in [-0.39, 0.29) is 18.4 Å². The largest absolute Gasteiger partial charge is 0.445 e. The van der Waals surface area contributed by atoms with E-state index < -0.39 is 12.1 Å². The summed E-state index contributed by atoms with van der Waals surface area (Å²) in [5.41, 5.74) is 1.47. The van der Waals surface area contributed by atoms with Crippen molar-refractivity contribution in [2.75, 3.05) is 26.0 Å². The fourth-order valence-electron chi connectivity index (χ4n) is 2.50. The lowest BCUT2D eigenvalue weighted by Crippen LogP contribution is -2.47. The summed E-state index contributed by atoms with van der Waals surface area (Å²) >= 11 is 0. The van der Waals surface area contributed by atoms with Gasteiger partial charge in [-0.05, 0) is 25.6 Å². The van der Waals surface area contributed by atoms with E-state index >= 15 is 0 Å². The van der Waals surface area contributed by atoms with Crippen molar-refractivity contribution >= 4 is 17.7 Å². The van der Waals surface area contributed by atoms with E-state index in [9.17, 15) is 9.59 Å². The van der Waals surface area contributed by atoms with Gasteiger partial charge in [-0.25, -0.2) is 4.79 Å². The first-order chi connectivity index (χ1) is 13.3. The summed E-state index contributed by atoms with van der Waals surface area (Å²) in [6, 6.07) is 8.67. The van der Waals surface area contributed by atoms with Crippen LogP contribution in [0.5, 0.6) is 0 Å². The van der Waals surface area contributed by atoms with Gasteiger partial charge in [0, 0.05) is 12.7 Å². The summed E-state index contributed by atoms with van der Waals surface area (Å²) < 4.78 is 6.98. The molecular formula is C20H29N5O3. The first kappa shape index (κ1) is 21.4. The number of benzene rings is 1. The molecule has 1 heterocycles. The number of nitrogens with one attached hydrogen (secondary N) is 2. The summed E-state index contributed by atoms with van der Waals surface area (Å²) in [6.45, 7) is 5.45. The molecular weight excluding hydrogens is 358 g/mol. The molecule has 0 aliphatic rings. The molecule has 2 aromatic rings. The van der Waals surface area contributed by atoms with Crippen molar-refractivity contribution in [3.8, 4) is 0 Å². The zero-order chi connectivity index (χ0) is 20.5. The van der Waals surface area contributed by atoms with Crippen LogP contribution in [0.1, 0.15) is 19.4 Å². The molecule has 152 valence electrons. The summed E-state index contributed by atoms with van der Waals surface area (Å²) in [5, 5.41) is 9.68. The first-order valence-electron chi connectivity index (χ1n) is 9.30. The molecule has 0 saturated carbocycles. The van der Waals surface area contributed by atoms with E-state index in [4.69, 9.17) is 4.74 Å². The monoisotopic (exact) mass is 387 g/mol. The highest BCUT2D eigenvalue weighted by Crippen LogP contribution is 2.10. The number of hydrogen-bond acceptors (Lipinski definition) is 5. The quantitative estimate of drug-likeness (QED) is 0.689. The maximum Gasteiger partial charge on any atom is 0.408 e. The summed E-state index contributed by atoms with van der Waals surface area (Å²) in [4.78, 5) is 26.8. The molecule has 0 radical (unpaired) electrons. The molecule has 0 bridgehead atoms. The topological polar surface area (TPSA) is 88.5 Å². The zero-order valence-corrected chi connectivity index (χ0v) is 16.9. The molecule has 2 amide bonds. The minimum absolute atomic E-state index is 0.104. The van der Waals surface area contributed by atoms with Gasteiger partial charge in [-0.3, -0.25) is 9.48 Å².